The van der Waals surface area contributed by atoms with Gasteiger partial charge in [-0.25, -0.2) is 0 Å². The number of benzene rings is 2. The molecule has 0 heterocycles. The molecule has 0 aromatic heterocycles. The monoisotopic (exact) mass is 323 g/mol. The first-order chi connectivity index (χ1) is 10.1. The summed E-state index contributed by atoms with van der Waals surface area (Å²) in [5, 5.41) is 14.1. The van der Waals surface area contributed by atoms with Gasteiger partial charge in [-0.15, -0.1) is 0 Å². The summed E-state index contributed by atoms with van der Waals surface area (Å²) in [6.07, 6.45) is 2.05. The van der Waals surface area contributed by atoms with Gasteiger partial charge < -0.3 is 10.4 Å². The fourth-order valence-electron chi connectivity index (χ4n) is 2.17. The van der Waals surface area contributed by atoms with Crippen molar-refractivity contribution in [2.45, 2.75) is 32.4 Å². The highest BCUT2D eigenvalue weighted by atomic mass is 35.5. The van der Waals surface area contributed by atoms with E-state index in [-0.39, 0.29) is 10.8 Å². The molecule has 0 aliphatic rings. The van der Waals surface area contributed by atoms with Crippen LogP contribution in [0.25, 0.3) is 0 Å². The third-order valence-corrected chi connectivity index (χ3v) is 3.96. The molecule has 1 unspecified atom stereocenters. The summed E-state index contributed by atoms with van der Waals surface area (Å²) in [5.74, 6) is 0.101. The second-order valence-electron chi connectivity index (χ2n) is 5.20. The van der Waals surface area contributed by atoms with E-state index in [0.29, 0.717) is 17.6 Å². The van der Waals surface area contributed by atoms with Crippen molar-refractivity contribution >= 4 is 23.2 Å². The van der Waals surface area contributed by atoms with Crippen molar-refractivity contribution < 1.29 is 5.11 Å². The maximum Gasteiger partial charge on any atom is 0.138 e. The zero-order chi connectivity index (χ0) is 15.2. The predicted octanol–water partition coefficient (Wildman–Crippen LogP) is 4.81. The SMILES string of the molecule is CC(CCc1ccccc1)NCc1cc(Cl)cc(Cl)c1O. The van der Waals surface area contributed by atoms with E-state index in [1.165, 1.54) is 5.56 Å². The van der Waals surface area contributed by atoms with Gasteiger partial charge in [-0.3, -0.25) is 0 Å². The number of rotatable bonds is 6. The number of hydrogen-bond acceptors (Lipinski definition) is 2. The summed E-state index contributed by atoms with van der Waals surface area (Å²) in [6, 6.07) is 14.0. The molecule has 2 rings (SSSR count). The van der Waals surface area contributed by atoms with Gasteiger partial charge in [0.25, 0.3) is 0 Å². The van der Waals surface area contributed by atoms with E-state index in [0.717, 1.165) is 18.4 Å². The Balaban J connectivity index is 1.85. The van der Waals surface area contributed by atoms with E-state index in [1.54, 1.807) is 12.1 Å². The van der Waals surface area contributed by atoms with E-state index < -0.39 is 0 Å². The standard InChI is InChI=1S/C17H19Cl2NO/c1-12(7-8-13-5-3-2-4-6-13)20-11-14-9-15(18)10-16(19)17(14)21/h2-6,9-10,12,20-21H,7-8,11H2,1H3. The highest BCUT2D eigenvalue weighted by molar-refractivity contribution is 6.35. The van der Waals surface area contributed by atoms with Gasteiger partial charge >= 0.3 is 0 Å². The highest BCUT2D eigenvalue weighted by Crippen LogP contribution is 2.31. The van der Waals surface area contributed by atoms with Gasteiger partial charge in [0.2, 0.25) is 0 Å². The van der Waals surface area contributed by atoms with Gasteiger partial charge in [0.1, 0.15) is 5.75 Å². The van der Waals surface area contributed by atoms with Gasteiger partial charge in [0.05, 0.1) is 5.02 Å². The highest BCUT2D eigenvalue weighted by Gasteiger charge is 2.09. The Morgan fingerprint density at radius 1 is 1.14 bits per heavy atom. The first-order valence-electron chi connectivity index (χ1n) is 7.00. The average molecular weight is 324 g/mol. The quantitative estimate of drug-likeness (QED) is 0.799. The summed E-state index contributed by atoms with van der Waals surface area (Å²) in [5.41, 5.74) is 2.05. The Labute approximate surface area is 135 Å². The van der Waals surface area contributed by atoms with Gasteiger partial charge in [-0.2, -0.15) is 0 Å². The van der Waals surface area contributed by atoms with Crippen molar-refractivity contribution in [3.05, 3.63) is 63.6 Å². The first kappa shape index (κ1) is 16.2. The number of aryl methyl sites for hydroxylation is 1. The van der Waals surface area contributed by atoms with Crippen LogP contribution in [0.15, 0.2) is 42.5 Å². The lowest BCUT2D eigenvalue weighted by Gasteiger charge is -2.15. The molecule has 21 heavy (non-hydrogen) atoms. The summed E-state index contributed by atoms with van der Waals surface area (Å²) in [6.45, 7) is 2.67. The lowest BCUT2D eigenvalue weighted by molar-refractivity contribution is 0.455. The zero-order valence-corrected chi connectivity index (χ0v) is 13.5. The maximum absolute atomic E-state index is 9.91. The topological polar surface area (TPSA) is 32.3 Å². The molecule has 1 atom stereocenters. The van der Waals surface area contributed by atoms with E-state index in [9.17, 15) is 5.11 Å². The molecular weight excluding hydrogens is 305 g/mol. The second-order valence-corrected chi connectivity index (χ2v) is 6.05. The molecule has 112 valence electrons. The van der Waals surface area contributed by atoms with Crippen LogP contribution in [0.3, 0.4) is 0 Å². The van der Waals surface area contributed by atoms with E-state index in [4.69, 9.17) is 23.2 Å². The van der Waals surface area contributed by atoms with E-state index >= 15 is 0 Å². The average Bonchev–Trinajstić information content (AvgIpc) is 2.48. The number of halogens is 2. The molecule has 0 saturated heterocycles. The number of nitrogens with one attached hydrogen (secondary N) is 1. The molecule has 4 heteroatoms. The lowest BCUT2D eigenvalue weighted by atomic mass is 10.1. The van der Waals surface area contributed by atoms with Gasteiger partial charge in [-0.05, 0) is 37.5 Å². The minimum atomic E-state index is 0.101. The van der Waals surface area contributed by atoms with Crippen LogP contribution >= 0.6 is 23.2 Å². The number of phenolic OH excluding ortho intramolecular Hbond substituents is 1. The van der Waals surface area contributed by atoms with Crippen LogP contribution in [0.1, 0.15) is 24.5 Å². The molecule has 2 aromatic rings. The molecule has 0 saturated carbocycles. The van der Waals surface area contributed by atoms with Crippen LogP contribution < -0.4 is 5.32 Å². The normalized spacial score (nSPS) is 12.3. The fourth-order valence-corrected chi connectivity index (χ4v) is 2.70. The second kappa shape index (κ2) is 7.69. The fraction of sp³-hybridized carbons (Fsp3) is 0.294. The number of hydrogen-bond donors (Lipinski definition) is 2. The van der Waals surface area contributed by atoms with Crippen LogP contribution in [-0.4, -0.2) is 11.1 Å². The minimum absolute atomic E-state index is 0.101. The van der Waals surface area contributed by atoms with Crippen molar-refractivity contribution in [2.75, 3.05) is 0 Å². The number of aromatic hydroxyl groups is 1. The molecule has 2 nitrogen and oxygen atoms in total. The molecule has 0 bridgehead atoms. The summed E-state index contributed by atoms with van der Waals surface area (Å²) in [7, 11) is 0. The van der Waals surface area contributed by atoms with Crippen molar-refractivity contribution in [2.24, 2.45) is 0 Å². The van der Waals surface area contributed by atoms with Gasteiger partial charge in [-0.1, -0.05) is 53.5 Å². The minimum Gasteiger partial charge on any atom is -0.506 e. The predicted molar refractivity (Wildman–Crippen MR) is 89.2 cm³/mol. The maximum atomic E-state index is 9.91. The third kappa shape index (κ3) is 4.92. The van der Waals surface area contributed by atoms with E-state index in [1.807, 2.05) is 6.07 Å². The zero-order valence-electron chi connectivity index (χ0n) is 11.9. The molecule has 0 fully saturated rings. The lowest BCUT2D eigenvalue weighted by Crippen LogP contribution is -2.26. The third-order valence-electron chi connectivity index (χ3n) is 3.46. The van der Waals surface area contributed by atoms with Crippen LogP contribution in [0.2, 0.25) is 10.0 Å². The molecule has 0 aliphatic heterocycles. The number of phenols is 1. The van der Waals surface area contributed by atoms with Crippen LogP contribution in [0, 0.1) is 0 Å². The Bertz CT molecular complexity index is 587. The molecule has 2 aromatic carbocycles. The smallest absolute Gasteiger partial charge is 0.138 e. The molecule has 0 amide bonds. The molecule has 0 spiro atoms. The molecular formula is C17H19Cl2NO. The summed E-state index contributed by atoms with van der Waals surface area (Å²) >= 11 is 11.9. The largest absolute Gasteiger partial charge is 0.506 e. The van der Waals surface area contributed by atoms with Crippen molar-refractivity contribution in [3.8, 4) is 5.75 Å². The van der Waals surface area contributed by atoms with Crippen LogP contribution in [0.5, 0.6) is 5.75 Å². The van der Waals surface area contributed by atoms with Crippen molar-refractivity contribution in [1.29, 1.82) is 0 Å². The van der Waals surface area contributed by atoms with Gasteiger partial charge in [0.15, 0.2) is 0 Å². The summed E-state index contributed by atoms with van der Waals surface area (Å²) in [4.78, 5) is 0. The summed E-state index contributed by atoms with van der Waals surface area (Å²) < 4.78 is 0. The van der Waals surface area contributed by atoms with E-state index in [2.05, 4.69) is 36.5 Å². The van der Waals surface area contributed by atoms with Crippen LogP contribution in [0.4, 0.5) is 0 Å². The Morgan fingerprint density at radius 2 is 1.86 bits per heavy atom. The van der Waals surface area contributed by atoms with Gasteiger partial charge in [0, 0.05) is 23.2 Å². The molecule has 0 radical (unpaired) electrons. The van der Waals surface area contributed by atoms with Crippen molar-refractivity contribution in [3.63, 3.8) is 0 Å². The Morgan fingerprint density at radius 3 is 2.57 bits per heavy atom. The Hall–Kier alpha value is -1.22. The van der Waals surface area contributed by atoms with Crippen molar-refractivity contribution in [1.82, 2.24) is 5.32 Å². The first-order valence-corrected chi connectivity index (χ1v) is 7.76. The van der Waals surface area contributed by atoms with Crippen LogP contribution in [-0.2, 0) is 13.0 Å². The molecule has 2 N–H and O–H groups in total. The Kier molecular flexibility index (Phi) is 5.92. The molecule has 0 aliphatic carbocycles.